The predicted molar refractivity (Wildman–Crippen MR) is 105 cm³/mol. The summed E-state index contributed by atoms with van der Waals surface area (Å²) in [5, 5.41) is 1.67. The van der Waals surface area contributed by atoms with Gasteiger partial charge in [0.1, 0.15) is 15.0 Å². The Balaban J connectivity index is 1.99. The lowest BCUT2D eigenvalue weighted by atomic mass is 9.87. The molecule has 0 radical (unpaired) electrons. The Bertz CT molecular complexity index is 1220. The Morgan fingerprint density at radius 2 is 1.88 bits per heavy atom. The van der Waals surface area contributed by atoms with Crippen molar-refractivity contribution in [2.24, 2.45) is 0 Å². The quantitative estimate of drug-likeness (QED) is 0.448. The maximum absolute atomic E-state index is 12.3. The molecule has 0 atom stereocenters. The molecule has 1 aromatic carbocycles. The summed E-state index contributed by atoms with van der Waals surface area (Å²) < 4.78 is 5.74. The molecule has 1 aliphatic carbocycles. The molecular weight excluding hydrogens is 368 g/mol. The predicted octanol–water partition coefficient (Wildman–Crippen LogP) is 5.31. The number of hydrogen-bond donors (Lipinski definition) is 0. The molecule has 0 unspecified atom stereocenters. The number of fused-ring (bicyclic) bond motifs is 4. The molecule has 3 aromatic heterocycles. The van der Waals surface area contributed by atoms with Gasteiger partial charge in [-0.25, -0.2) is 14.8 Å². The van der Waals surface area contributed by atoms with Crippen LogP contribution in [0.5, 0.6) is 0 Å². The maximum Gasteiger partial charge on any atom is 0.357 e. The van der Waals surface area contributed by atoms with Crippen molar-refractivity contribution in [2.75, 3.05) is 0 Å². The summed E-state index contributed by atoms with van der Waals surface area (Å²) in [7, 11) is 0. The second-order valence-corrected chi connectivity index (χ2v) is 8.04. The molecule has 130 valence electrons. The molecule has 0 bridgehead atoms. The highest BCUT2D eigenvalue weighted by Crippen LogP contribution is 2.42. The number of nitrogens with zero attached hydrogens (tertiary/aromatic N) is 2. The van der Waals surface area contributed by atoms with E-state index in [9.17, 15) is 4.79 Å². The van der Waals surface area contributed by atoms with Gasteiger partial charge in [0.05, 0.1) is 0 Å². The van der Waals surface area contributed by atoms with Crippen molar-refractivity contribution in [3.8, 4) is 11.1 Å². The van der Waals surface area contributed by atoms with Crippen molar-refractivity contribution in [2.45, 2.75) is 32.6 Å². The summed E-state index contributed by atoms with van der Waals surface area (Å²) in [6.07, 6.45) is 4.27. The summed E-state index contributed by atoms with van der Waals surface area (Å²) >= 11 is 7.48. The van der Waals surface area contributed by atoms with Crippen LogP contribution < -0.4 is 5.63 Å². The number of pyridine rings is 1. The Kier molecular flexibility index (Phi) is 3.62. The van der Waals surface area contributed by atoms with Gasteiger partial charge in [-0.2, -0.15) is 0 Å². The molecule has 0 amide bonds. The smallest absolute Gasteiger partial charge is 0.357 e. The molecule has 0 spiro atoms. The number of aryl methyl sites for hydroxylation is 2. The second kappa shape index (κ2) is 5.89. The number of benzene rings is 1. The summed E-state index contributed by atoms with van der Waals surface area (Å²) in [5.41, 5.74) is 5.01. The van der Waals surface area contributed by atoms with Crippen molar-refractivity contribution < 1.29 is 4.42 Å². The minimum atomic E-state index is -0.337. The highest BCUT2D eigenvalue weighted by molar-refractivity contribution is 7.25. The number of hydrogen-bond acceptors (Lipinski definition) is 5. The summed E-state index contributed by atoms with van der Waals surface area (Å²) in [4.78, 5) is 22.7. The van der Waals surface area contributed by atoms with Gasteiger partial charge in [0.2, 0.25) is 0 Å². The average molecular weight is 383 g/mol. The van der Waals surface area contributed by atoms with E-state index in [1.807, 2.05) is 24.3 Å². The normalized spacial score (nSPS) is 14.1. The van der Waals surface area contributed by atoms with Crippen LogP contribution in [-0.2, 0) is 12.8 Å². The van der Waals surface area contributed by atoms with Crippen LogP contribution in [0, 0.1) is 6.92 Å². The van der Waals surface area contributed by atoms with Crippen molar-refractivity contribution in [1.82, 2.24) is 9.97 Å². The van der Waals surface area contributed by atoms with E-state index in [4.69, 9.17) is 21.0 Å². The van der Waals surface area contributed by atoms with E-state index in [1.54, 1.807) is 6.92 Å². The first kappa shape index (κ1) is 16.0. The molecule has 1 aliphatic rings. The largest absolute Gasteiger partial charge is 0.408 e. The topological polar surface area (TPSA) is 56.0 Å². The van der Waals surface area contributed by atoms with Crippen LogP contribution in [0.1, 0.15) is 30.0 Å². The summed E-state index contributed by atoms with van der Waals surface area (Å²) in [5.74, 6) is 0.377. The third-order valence-corrected chi connectivity index (χ3v) is 6.22. The molecule has 4 nitrogen and oxygen atoms in total. The fourth-order valence-corrected chi connectivity index (χ4v) is 4.96. The van der Waals surface area contributed by atoms with E-state index in [2.05, 4.69) is 4.98 Å². The highest BCUT2D eigenvalue weighted by atomic mass is 35.5. The lowest BCUT2D eigenvalue weighted by Crippen LogP contribution is -2.07. The molecule has 3 heterocycles. The highest BCUT2D eigenvalue weighted by Gasteiger charge is 2.24. The molecule has 26 heavy (non-hydrogen) atoms. The second-order valence-electron chi connectivity index (χ2n) is 6.61. The van der Waals surface area contributed by atoms with Gasteiger partial charge in [0.25, 0.3) is 0 Å². The van der Waals surface area contributed by atoms with E-state index < -0.39 is 0 Å². The van der Waals surface area contributed by atoms with Crippen molar-refractivity contribution >= 4 is 43.4 Å². The zero-order valence-corrected chi connectivity index (χ0v) is 15.7. The maximum atomic E-state index is 12.3. The number of aromatic nitrogens is 2. The molecule has 5 rings (SSSR count). The standard InChI is InChI=1S/C20H15ClN2O2S/c1-10-22-17-16-15(11-6-8-12(21)9-7-11)13-4-2-3-5-14(13)23-19(16)26-18(17)20(24)25-10/h6-9H,2-5H2,1H3. The summed E-state index contributed by atoms with van der Waals surface area (Å²) in [6.45, 7) is 1.71. The van der Waals surface area contributed by atoms with Gasteiger partial charge < -0.3 is 4.42 Å². The first-order chi connectivity index (χ1) is 12.6. The SMILES string of the molecule is Cc1nc2c(sc3nc4c(c(-c5ccc(Cl)cc5)c32)CCCC4)c(=O)o1. The Morgan fingerprint density at radius 3 is 2.69 bits per heavy atom. The van der Waals surface area contributed by atoms with E-state index in [1.165, 1.54) is 16.9 Å². The molecule has 0 saturated carbocycles. The molecule has 0 fully saturated rings. The number of thiophene rings is 1. The summed E-state index contributed by atoms with van der Waals surface area (Å²) in [6, 6.07) is 7.88. The van der Waals surface area contributed by atoms with E-state index in [0.29, 0.717) is 21.1 Å². The van der Waals surface area contributed by atoms with Gasteiger partial charge in [-0.3, -0.25) is 0 Å². The Labute approximate surface area is 158 Å². The van der Waals surface area contributed by atoms with Crippen LogP contribution in [0.15, 0.2) is 33.5 Å². The Morgan fingerprint density at radius 1 is 1.12 bits per heavy atom. The minimum absolute atomic E-state index is 0.337. The molecular formula is C20H15ClN2O2S. The van der Waals surface area contributed by atoms with Crippen molar-refractivity contribution in [1.29, 1.82) is 0 Å². The molecule has 0 saturated heterocycles. The monoisotopic (exact) mass is 382 g/mol. The molecule has 0 aliphatic heterocycles. The number of halogens is 1. The zero-order valence-electron chi connectivity index (χ0n) is 14.1. The van der Waals surface area contributed by atoms with Gasteiger partial charge in [0, 0.05) is 23.0 Å². The van der Waals surface area contributed by atoms with Crippen molar-refractivity contribution in [3.05, 3.63) is 56.9 Å². The molecule has 6 heteroatoms. The fraction of sp³-hybridized carbons (Fsp3) is 0.250. The molecule has 0 N–H and O–H groups in total. The van der Waals surface area contributed by atoms with Gasteiger partial charge in [-0.05, 0) is 54.5 Å². The fourth-order valence-electron chi connectivity index (χ4n) is 3.81. The third kappa shape index (κ3) is 2.38. The van der Waals surface area contributed by atoms with Gasteiger partial charge in [0.15, 0.2) is 5.89 Å². The van der Waals surface area contributed by atoms with E-state index in [-0.39, 0.29) is 5.63 Å². The first-order valence-electron chi connectivity index (χ1n) is 8.63. The van der Waals surface area contributed by atoms with Crippen LogP contribution >= 0.6 is 22.9 Å². The van der Waals surface area contributed by atoms with Crippen LogP contribution in [0.2, 0.25) is 5.02 Å². The van der Waals surface area contributed by atoms with Gasteiger partial charge in [-0.1, -0.05) is 23.7 Å². The minimum Gasteiger partial charge on any atom is -0.408 e. The zero-order chi connectivity index (χ0) is 17.8. The third-order valence-electron chi connectivity index (χ3n) is 4.92. The first-order valence-corrected chi connectivity index (χ1v) is 9.83. The van der Waals surface area contributed by atoms with Gasteiger partial charge in [-0.15, -0.1) is 11.3 Å². The van der Waals surface area contributed by atoms with Crippen LogP contribution in [-0.4, -0.2) is 9.97 Å². The van der Waals surface area contributed by atoms with Crippen LogP contribution in [0.3, 0.4) is 0 Å². The van der Waals surface area contributed by atoms with Gasteiger partial charge >= 0.3 is 5.63 Å². The number of rotatable bonds is 1. The Hall–Kier alpha value is -2.24. The van der Waals surface area contributed by atoms with E-state index in [0.717, 1.165) is 52.7 Å². The van der Waals surface area contributed by atoms with Crippen LogP contribution in [0.25, 0.3) is 31.6 Å². The molecule has 4 aromatic rings. The van der Waals surface area contributed by atoms with Crippen molar-refractivity contribution in [3.63, 3.8) is 0 Å². The lowest BCUT2D eigenvalue weighted by molar-refractivity contribution is 0.468. The average Bonchev–Trinajstić information content (AvgIpc) is 2.99. The lowest BCUT2D eigenvalue weighted by Gasteiger charge is -2.20. The van der Waals surface area contributed by atoms with E-state index >= 15 is 0 Å². The van der Waals surface area contributed by atoms with Crippen LogP contribution in [0.4, 0.5) is 0 Å².